The first-order valence-electron chi connectivity index (χ1n) is 6.28. The topological polar surface area (TPSA) is 41.5 Å². The van der Waals surface area contributed by atoms with Crippen LogP contribution in [0.15, 0.2) is 36.4 Å². The Labute approximate surface area is 113 Å². The second-order valence-electron chi connectivity index (χ2n) is 4.61. The molecule has 2 aromatic rings. The summed E-state index contributed by atoms with van der Waals surface area (Å²) in [5.41, 5.74) is 3.90. The van der Waals surface area contributed by atoms with E-state index in [-0.39, 0.29) is 0 Å². The lowest BCUT2D eigenvalue weighted by atomic mass is 10.1. The molecule has 0 fully saturated rings. The fraction of sp³-hybridized carbons (Fsp3) is 0.250. The number of phenolic OH excluding ortho intramolecular Hbond substituents is 1. The maximum atomic E-state index is 9.90. The summed E-state index contributed by atoms with van der Waals surface area (Å²) in [4.78, 5) is 0. The average molecular weight is 257 g/mol. The number of aromatic hydroxyl groups is 1. The number of hydrogen-bond acceptors (Lipinski definition) is 3. The molecule has 0 unspecified atom stereocenters. The van der Waals surface area contributed by atoms with Crippen LogP contribution in [0, 0.1) is 13.8 Å². The number of anilines is 1. The third-order valence-corrected chi connectivity index (χ3v) is 3.27. The molecule has 0 atom stereocenters. The zero-order chi connectivity index (χ0) is 13.8. The van der Waals surface area contributed by atoms with E-state index in [1.807, 2.05) is 50.2 Å². The Bertz CT molecular complexity index is 562. The van der Waals surface area contributed by atoms with Gasteiger partial charge in [0.15, 0.2) is 0 Å². The van der Waals surface area contributed by atoms with Crippen molar-refractivity contribution in [1.82, 2.24) is 0 Å². The summed E-state index contributed by atoms with van der Waals surface area (Å²) in [5.74, 6) is 1.22. The SMILES string of the molecule is COc1ccc(CNc2ccc(C)c(O)c2C)cc1. The lowest BCUT2D eigenvalue weighted by molar-refractivity contribution is 0.414. The Morgan fingerprint density at radius 1 is 1.05 bits per heavy atom. The van der Waals surface area contributed by atoms with Gasteiger partial charge in [0.2, 0.25) is 0 Å². The number of nitrogens with one attached hydrogen (secondary N) is 1. The van der Waals surface area contributed by atoms with Crippen LogP contribution < -0.4 is 10.1 Å². The number of methoxy groups -OCH3 is 1. The van der Waals surface area contributed by atoms with Gasteiger partial charge in [0, 0.05) is 17.8 Å². The van der Waals surface area contributed by atoms with Gasteiger partial charge in [0.1, 0.15) is 11.5 Å². The standard InChI is InChI=1S/C16H19NO2/c1-11-4-9-15(12(2)16(11)18)17-10-13-5-7-14(19-3)8-6-13/h4-9,17-18H,10H2,1-3H3. The third kappa shape index (κ3) is 2.99. The van der Waals surface area contributed by atoms with Crippen molar-refractivity contribution in [3.8, 4) is 11.5 Å². The molecule has 0 bridgehead atoms. The molecule has 2 N–H and O–H groups in total. The van der Waals surface area contributed by atoms with E-state index in [1.54, 1.807) is 7.11 Å². The molecule has 3 nitrogen and oxygen atoms in total. The Hall–Kier alpha value is -2.16. The van der Waals surface area contributed by atoms with Gasteiger partial charge in [0.05, 0.1) is 7.11 Å². The van der Waals surface area contributed by atoms with E-state index in [0.29, 0.717) is 12.3 Å². The van der Waals surface area contributed by atoms with E-state index < -0.39 is 0 Å². The summed E-state index contributed by atoms with van der Waals surface area (Å²) in [6, 6.07) is 11.8. The van der Waals surface area contributed by atoms with E-state index in [1.165, 1.54) is 5.56 Å². The molecule has 0 amide bonds. The van der Waals surface area contributed by atoms with Gasteiger partial charge in [-0.25, -0.2) is 0 Å². The van der Waals surface area contributed by atoms with Gasteiger partial charge in [0.25, 0.3) is 0 Å². The second-order valence-corrected chi connectivity index (χ2v) is 4.61. The largest absolute Gasteiger partial charge is 0.507 e. The van der Waals surface area contributed by atoms with Crippen LogP contribution in [0.2, 0.25) is 0 Å². The minimum atomic E-state index is 0.361. The van der Waals surface area contributed by atoms with E-state index in [2.05, 4.69) is 5.32 Å². The van der Waals surface area contributed by atoms with Crippen LogP contribution in [0.4, 0.5) is 5.69 Å². The van der Waals surface area contributed by atoms with Crippen molar-refractivity contribution < 1.29 is 9.84 Å². The Kier molecular flexibility index (Phi) is 3.95. The van der Waals surface area contributed by atoms with Crippen molar-refractivity contribution in [2.24, 2.45) is 0 Å². The van der Waals surface area contributed by atoms with E-state index in [4.69, 9.17) is 4.74 Å². The van der Waals surface area contributed by atoms with Crippen molar-refractivity contribution in [3.63, 3.8) is 0 Å². The average Bonchev–Trinajstić information content (AvgIpc) is 2.45. The lowest BCUT2D eigenvalue weighted by Crippen LogP contribution is -2.01. The summed E-state index contributed by atoms with van der Waals surface area (Å²) in [6.07, 6.45) is 0. The number of rotatable bonds is 4. The van der Waals surface area contributed by atoms with E-state index in [0.717, 1.165) is 22.6 Å². The number of phenols is 1. The van der Waals surface area contributed by atoms with Crippen LogP contribution in [0.5, 0.6) is 11.5 Å². The molecule has 0 aliphatic rings. The van der Waals surface area contributed by atoms with Crippen LogP contribution in [0.25, 0.3) is 0 Å². The first kappa shape index (κ1) is 13.3. The molecular weight excluding hydrogens is 238 g/mol. The van der Waals surface area contributed by atoms with Crippen LogP contribution in [0.3, 0.4) is 0 Å². The van der Waals surface area contributed by atoms with Crippen molar-refractivity contribution in [3.05, 3.63) is 53.1 Å². The molecule has 2 rings (SSSR count). The normalized spacial score (nSPS) is 10.3. The van der Waals surface area contributed by atoms with E-state index in [9.17, 15) is 5.11 Å². The molecule has 0 aliphatic heterocycles. The number of ether oxygens (including phenoxy) is 1. The molecule has 0 aromatic heterocycles. The van der Waals surface area contributed by atoms with Gasteiger partial charge in [-0.05, 0) is 43.2 Å². The van der Waals surface area contributed by atoms with Crippen LogP contribution >= 0.6 is 0 Å². The van der Waals surface area contributed by atoms with Gasteiger partial charge >= 0.3 is 0 Å². The predicted octanol–water partition coefficient (Wildman–Crippen LogP) is 3.63. The van der Waals surface area contributed by atoms with Crippen molar-refractivity contribution in [2.75, 3.05) is 12.4 Å². The molecule has 3 heteroatoms. The molecule has 2 aromatic carbocycles. The van der Waals surface area contributed by atoms with Crippen molar-refractivity contribution in [1.29, 1.82) is 0 Å². The van der Waals surface area contributed by atoms with Gasteiger partial charge in [-0.2, -0.15) is 0 Å². The molecule has 0 radical (unpaired) electrons. The highest BCUT2D eigenvalue weighted by Crippen LogP contribution is 2.28. The van der Waals surface area contributed by atoms with Crippen LogP contribution in [0.1, 0.15) is 16.7 Å². The summed E-state index contributed by atoms with van der Waals surface area (Å²) < 4.78 is 5.13. The second kappa shape index (κ2) is 5.65. The molecule has 0 saturated carbocycles. The maximum absolute atomic E-state index is 9.90. The summed E-state index contributed by atoms with van der Waals surface area (Å²) >= 11 is 0. The monoisotopic (exact) mass is 257 g/mol. The first-order chi connectivity index (χ1) is 9.11. The van der Waals surface area contributed by atoms with Crippen molar-refractivity contribution >= 4 is 5.69 Å². The number of aryl methyl sites for hydroxylation is 1. The van der Waals surface area contributed by atoms with Gasteiger partial charge in [-0.15, -0.1) is 0 Å². The van der Waals surface area contributed by atoms with Gasteiger partial charge in [-0.1, -0.05) is 18.2 Å². The highest BCUT2D eigenvalue weighted by Gasteiger charge is 2.05. The minimum Gasteiger partial charge on any atom is -0.507 e. The predicted molar refractivity (Wildman–Crippen MR) is 77.9 cm³/mol. The molecule has 0 saturated heterocycles. The van der Waals surface area contributed by atoms with E-state index >= 15 is 0 Å². The Morgan fingerprint density at radius 2 is 1.74 bits per heavy atom. The lowest BCUT2D eigenvalue weighted by Gasteiger charge is -2.12. The highest BCUT2D eigenvalue weighted by atomic mass is 16.5. The van der Waals surface area contributed by atoms with Gasteiger partial charge < -0.3 is 15.2 Å². The van der Waals surface area contributed by atoms with Crippen LogP contribution in [-0.4, -0.2) is 12.2 Å². The summed E-state index contributed by atoms with van der Waals surface area (Å²) in [6.45, 7) is 4.53. The summed E-state index contributed by atoms with van der Waals surface area (Å²) in [5, 5.41) is 13.2. The molecule has 19 heavy (non-hydrogen) atoms. The maximum Gasteiger partial charge on any atom is 0.123 e. The highest BCUT2D eigenvalue weighted by molar-refractivity contribution is 5.59. The fourth-order valence-corrected chi connectivity index (χ4v) is 1.97. The molecule has 0 aliphatic carbocycles. The Morgan fingerprint density at radius 3 is 2.37 bits per heavy atom. The molecule has 100 valence electrons. The zero-order valence-electron chi connectivity index (χ0n) is 11.5. The molecule has 0 spiro atoms. The molecular formula is C16H19NO2. The van der Waals surface area contributed by atoms with Crippen LogP contribution in [-0.2, 0) is 6.54 Å². The Balaban J connectivity index is 2.08. The quantitative estimate of drug-likeness (QED) is 0.878. The smallest absolute Gasteiger partial charge is 0.123 e. The van der Waals surface area contributed by atoms with Crippen molar-refractivity contribution in [2.45, 2.75) is 20.4 Å². The fourth-order valence-electron chi connectivity index (χ4n) is 1.97. The zero-order valence-corrected chi connectivity index (χ0v) is 11.5. The van der Waals surface area contributed by atoms with Gasteiger partial charge in [-0.3, -0.25) is 0 Å². The third-order valence-electron chi connectivity index (χ3n) is 3.27. The number of hydrogen-bond donors (Lipinski definition) is 2. The molecule has 0 heterocycles. The minimum absolute atomic E-state index is 0.361. The summed E-state index contributed by atoms with van der Waals surface area (Å²) in [7, 11) is 1.66. The first-order valence-corrected chi connectivity index (χ1v) is 6.28. The number of benzene rings is 2.